The maximum Gasteiger partial charge on any atom is 0.343 e. The summed E-state index contributed by atoms with van der Waals surface area (Å²) in [5.74, 6) is -0.603. The van der Waals surface area contributed by atoms with E-state index < -0.39 is 5.97 Å². The molecule has 5 heteroatoms. The first-order valence-electron chi connectivity index (χ1n) is 4.35. The number of aromatic nitrogens is 1. The normalized spacial score (nSPS) is 10.2. The second-order valence-electron chi connectivity index (χ2n) is 3.24. The van der Waals surface area contributed by atoms with Crippen LogP contribution in [0.2, 0.25) is 0 Å². The van der Waals surface area contributed by atoms with Crippen LogP contribution in [0.5, 0.6) is 0 Å². The topological polar surface area (TPSA) is 48.3 Å². The Morgan fingerprint density at radius 2 is 1.87 bits per heavy atom. The average Bonchev–Trinajstić information content (AvgIpc) is 2.23. The van der Waals surface area contributed by atoms with Gasteiger partial charge in [-0.1, -0.05) is 0 Å². The predicted octanol–water partition coefficient (Wildman–Crippen LogP) is 1.55. The Kier molecular flexibility index (Phi) is 3.34. The molecule has 1 aromatic rings. The average molecular weight is 274 g/mol. The number of hydrogen-bond acceptors (Lipinski definition) is 3. The van der Waals surface area contributed by atoms with Crippen LogP contribution in [-0.4, -0.2) is 17.6 Å². The summed E-state index contributed by atoms with van der Waals surface area (Å²) >= 11 is 3.17. The summed E-state index contributed by atoms with van der Waals surface area (Å²) in [6.07, 6.45) is 0. The fourth-order valence-electron chi connectivity index (χ4n) is 1.35. The highest BCUT2D eigenvalue weighted by molar-refractivity contribution is 9.10. The molecule has 15 heavy (non-hydrogen) atoms. The molecule has 0 fully saturated rings. The van der Waals surface area contributed by atoms with E-state index in [-0.39, 0.29) is 11.0 Å². The summed E-state index contributed by atoms with van der Waals surface area (Å²) in [5, 5.41) is 0. The van der Waals surface area contributed by atoms with Crippen molar-refractivity contribution in [2.75, 3.05) is 7.11 Å². The van der Waals surface area contributed by atoms with Gasteiger partial charge >= 0.3 is 5.97 Å². The van der Waals surface area contributed by atoms with Crippen molar-refractivity contribution < 1.29 is 9.53 Å². The van der Waals surface area contributed by atoms with Gasteiger partial charge in [-0.05, 0) is 29.8 Å². The minimum atomic E-state index is -0.603. The predicted molar refractivity (Wildman–Crippen MR) is 60.2 cm³/mol. The van der Waals surface area contributed by atoms with E-state index >= 15 is 0 Å². The third-order valence-corrected chi connectivity index (χ3v) is 3.44. The number of halogens is 1. The molecule has 0 amide bonds. The summed E-state index contributed by atoms with van der Waals surface area (Å²) in [7, 11) is 3.05. The molecule has 4 nitrogen and oxygen atoms in total. The number of pyridine rings is 1. The summed E-state index contributed by atoms with van der Waals surface area (Å²) in [5.41, 5.74) is 1.14. The fourth-order valence-corrected chi connectivity index (χ4v) is 1.81. The molecule has 1 aromatic heterocycles. The Morgan fingerprint density at radius 1 is 1.33 bits per heavy atom. The zero-order chi connectivity index (χ0) is 11.7. The van der Waals surface area contributed by atoms with E-state index in [1.54, 1.807) is 25.5 Å². The lowest BCUT2D eigenvalue weighted by atomic mass is 10.1. The van der Waals surface area contributed by atoms with Crippen LogP contribution in [0.15, 0.2) is 9.27 Å². The molecule has 1 heterocycles. The van der Waals surface area contributed by atoms with Crippen molar-refractivity contribution in [2.24, 2.45) is 7.05 Å². The lowest BCUT2D eigenvalue weighted by Crippen LogP contribution is -2.24. The maximum atomic E-state index is 11.8. The van der Waals surface area contributed by atoms with Gasteiger partial charge in [0.2, 0.25) is 5.43 Å². The van der Waals surface area contributed by atoms with E-state index in [0.717, 1.165) is 5.69 Å². The Bertz CT molecular complexity index is 477. The van der Waals surface area contributed by atoms with Crippen molar-refractivity contribution in [3.05, 3.63) is 31.6 Å². The Morgan fingerprint density at radius 3 is 2.33 bits per heavy atom. The van der Waals surface area contributed by atoms with Crippen molar-refractivity contribution in [3.8, 4) is 0 Å². The second kappa shape index (κ2) is 4.18. The standard InChI is InChI=1S/C10H12BrNO3/c1-5-7(10(14)15-4)9(13)8(11)6(2)12(5)3/h1-4H3. The minimum Gasteiger partial charge on any atom is -0.465 e. The first-order chi connectivity index (χ1) is 6.91. The van der Waals surface area contributed by atoms with Crippen LogP contribution < -0.4 is 5.43 Å². The van der Waals surface area contributed by atoms with Crippen LogP contribution in [0.25, 0.3) is 0 Å². The molecule has 0 saturated heterocycles. The number of ether oxygens (including phenoxy) is 1. The summed E-state index contributed by atoms with van der Waals surface area (Å²) < 4.78 is 6.75. The van der Waals surface area contributed by atoms with Crippen LogP contribution in [0, 0.1) is 13.8 Å². The first-order valence-corrected chi connectivity index (χ1v) is 5.15. The van der Waals surface area contributed by atoms with E-state index in [1.165, 1.54) is 7.11 Å². The third-order valence-electron chi connectivity index (χ3n) is 2.50. The van der Waals surface area contributed by atoms with Crippen molar-refractivity contribution in [2.45, 2.75) is 13.8 Å². The molecule has 0 N–H and O–H groups in total. The van der Waals surface area contributed by atoms with Crippen molar-refractivity contribution >= 4 is 21.9 Å². The lowest BCUT2D eigenvalue weighted by molar-refractivity contribution is 0.0597. The van der Waals surface area contributed by atoms with Gasteiger partial charge in [0, 0.05) is 18.4 Å². The molecule has 0 radical (unpaired) electrons. The molecule has 0 saturated carbocycles. The molecule has 0 atom stereocenters. The van der Waals surface area contributed by atoms with Gasteiger partial charge in [0.1, 0.15) is 5.56 Å². The molecule has 0 aliphatic rings. The fraction of sp³-hybridized carbons (Fsp3) is 0.400. The van der Waals surface area contributed by atoms with Gasteiger partial charge in [0.25, 0.3) is 0 Å². The zero-order valence-corrected chi connectivity index (χ0v) is 10.6. The summed E-state index contributed by atoms with van der Waals surface area (Å²) in [4.78, 5) is 23.2. The molecule has 0 spiro atoms. The van der Waals surface area contributed by atoms with E-state index in [1.807, 2.05) is 0 Å². The molecule has 0 bridgehead atoms. The second-order valence-corrected chi connectivity index (χ2v) is 4.03. The van der Waals surface area contributed by atoms with Crippen LogP contribution in [0.4, 0.5) is 0 Å². The van der Waals surface area contributed by atoms with Gasteiger partial charge in [0.05, 0.1) is 11.6 Å². The van der Waals surface area contributed by atoms with Gasteiger partial charge in [-0.25, -0.2) is 4.79 Å². The molecule has 1 rings (SSSR count). The van der Waals surface area contributed by atoms with Crippen molar-refractivity contribution in [3.63, 3.8) is 0 Å². The number of rotatable bonds is 1. The van der Waals surface area contributed by atoms with Crippen LogP contribution in [0.3, 0.4) is 0 Å². The molecule has 0 aliphatic carbocycles. The largest absolute Gasteiger partial charge is 0.465 e. The molecular formula is C10H12BrNO3. The molecular weight excluding hydrogens is 262 g/mol. The highest BCUT2D eigenvalue weighted by Gasteiger charge is 2.19. The number of carbonyl (C=O) groups excluding carboxylic acids is 1. The number of methoxy groups -OCH3 is 1. The van der Waals surface area contributed by atoms with Crippen LogP contribution >= 0.6 is 15.9 Å². The van der Waals surface area contributed by atoms with Crippen LogP contribution in [0.1, 0.15) is 21.7 Å². The summed E-state index contributed by atoms with van der Waals surface area (Å²) in [6.45, 7) is 3.52. The van der Waals surface area contributed by atoms with Gasteiger partial charge < -0.3 is 9.30 Å². The van der Waals surface area contributed by atoms with Crippen LogP contribution in [-0.2, 0) is 11.8 Å². The maximum absolute atomic E-state index is 11.8. The first kappa shape index (κ1) is 12.0. The highest BCUT2D eigenvalue weighted by atomic mass is 79.9. The molecule has 0 unspecified atom stereocenters. The molecule has 82 valence electrons. The Labute approximate surface area is 96.0 Å². The van der Waals surface area contributed by atoms with Crippen molar-refractivity contribution in [1.29, 1.82) is 0 Å². The number of nitrogens with zero attached hydrogens (tertiary/aromatic N) is 1. The monoisotopic (exact) mass is 273 g/mol. The van der Waals surface area contributed by atoms with Gasteiger partial charge in [-0.3, -0.25) is 4.79 Å². The van der Waals surface area contributed by atoms with E-state index in [9.17, 15) is 9.59 Å². The van der Waals surface area contributed by atoms with Gasteiger partial charge in [-0.15, -0.1) is 0 Å². The van der Waals surface area contributed by atoms with E-state index in [4.69, 9.17) is 0 Å². The third kappa shape index (κ3) is 1.84. The molecule has 0 aliphatic heterocycles. The SMILES string of the molecule is COC(=O)c1c(C)n(C)c(C)c(Br)c1=O. The minimum absolute atomic E-state index is 0.0810. The van der Waals surface area contributed by atoms with E-state index in [2.05, 4.69) is 20.7 Å². The quantitative estimate of drug-likeness (QED) is 0.730. The number of hydrogen-bond donors (Lipinski definition) is 0. The zero-order valence-electron chi connectivity index (χ0n) is 9.05. The summed E-state index contributed by atoms with van der Waals surface area (Å²) in [6, 6.07) is 0. The highest BCUT2D eigenvalue weighted by Crippen LogP contribution is 2.15. The smallest absolute Gasteiger partial charge is 0.343 e. The van der Waals surface area contributed by atoms with Gasteiger partial charge in [0.15, 0.2) is 0 Å². The Balaban J connectivity index is 3.68. The number of esters is 1. The lowest BCUT2D eigenvalue weighted by Gasteiger charge is -2.13. The van der Waals surface area contributed by atoms with Crippen molar-refractivity contribution in [1.82, 2.24) is 4.57 Å². The Hall–Kier alpha value is -1.10. The number of carbonyl (C=O) groups is 1. The molecule has 0 aromatic carbocycles. The van der Waals surface area contributed by atoms with Gasteiger partial charge in [-0.2, -0.15) is 0 Å². The van der Waals surface area contributed by atoms with E-state index in [0.29, 0.717) is 10.2 Å².